The van der Waals surface area contributed by atoms with E-state index < -0.39 is 0 Å². The maximum Gasteiger partial charge on any atom is 0.270 e. The van der Waals surface area contributed by atoms with Gasteiger partial charge < -0.3 is 23.8 Å². The van der Waals surface area contributed by atoms with E-state index in [-0.39, 0.29) is 17.6 Å². The third-order valence-corrected chi connectivity index (χ3v) is 4.71. The van der Waals surface area contributed by atoms with Gasteiger partial charge in [0.2, 0.25) is 0 Å². The molecule has 0 bridgehead atoms. The van der Waals surface area contributed by atoms with Crippen molar-refractivity contribution in [1.82, 2.24) is 14.4 Å². The fourth-order valence-corrected chi connectivity index (χ4v) is 3.58. The molecule has 2 fully saturated rings. The van der Waals surface area contributed by atoms with Crippen LogP contribution in [-0.2, 0) is 16.5 Å². The summed E-state index contributed by atoms with van der Waals surface area (Å²) in [4.78, 5) is 16.9. The van der Waals surface area contributed by atoms with E-state index in [0.717, 1.165) is 19.4 Å². The molecule has 0 aromatic carbocycles. The number of carbonyl (C=O) groups is 1. The van der Waals surface area contributed by atoms with Gasteiger partial charge in [0.1, 0.15) is 11.3 Å². The molecular formula is C17H27N3O3. The Labute approximate surface area is 137 Å². The summed E-state index contributed by atoms with van der Waals surface area (Å²) in [6.07, 6.45) is 4.09. The van der Waals surface area contributed by atoms with Gasteiger partial charge in [0.05, 0.1) is 25.9 Å². The molecule has 2 saturated heterocycles. The summed E-state index contributed by atoms with van der Waals surface area (Å²) >= 11 is 0. The van der Waals surface area contributed by atoms with Crippen LogP contribution in [0.5, 0.6) is 0 Å². The number of rotatable bonds is 3. The minimum Gasteiger partial charge on any atom is -0.377 e. The van der Waals surface area contributed by atoms with Gasteiger partial charge in [0.25, 0.3) is 5.91 Å². The Morgan fingerprint density at radius 1 is 1.48 bits per heavy atom. The molecule has 1 amide bonds. The van der Waals surface area contributed by atoms with Gasteiger partial charge in [-0.15, -0.1) is 0 Å². The fourth-order valence-electron chi connectivity index (χ4n) is 3.58. The van der Waals surface area contributed by atoms with Crippen molar-refractivity contribution in [3.05, 3.63) is 24.0 Å². The highest BCUT2D eigenvalue weighted by atomic mass is 16.6. The van der Waals surface area contributed by atoms with Crippen molar-refractivity contribution in [2.24, 2.45) is 7.05 Å². The molecule has 6 nitrogen and oxygen atoms in total. The molecule has 128 valence electrons. The van der Waals surface area contributed by atoms with Crippen molar-refractivity contribution < 1.29 is 14.3 Å². The Hall–Kier alpha value is -1.37. The summed E-state index contributed by atoms with van der Waals surface area (Å²) in [5, 5.41) is 0. The van der Waals surface area contributed by atoms with Crippen LogP contribution in [0.4, 0.5) is 0 Å². The largest absolute Gasteiger partial charge is 0.377 e. The van der Waals surface area contributed by atoms with E-state index in [9.17, 15) is 4.79 Å². The van der Waals surface area contributed by atoms with Crippen LogP contribution in [-0.4, -0.2) is 78.9 Å². The molecule has 1 aromatic heterocycles. The summed E-state index contributed by atoms with van der Waals surface area (Å²) in [5.74, 6) is 0.0574. The van der Waals surface area contributed by atoms with E-state index in [2.05, 4.69) is 19.0 Å². The van der Waals surface area contributed by atoms with Gasteiger partial charge in [-0.3, -0.25) is 4.79 Å². The molecule has 0 saturated carbocycles. The minimum absolute atomic E-state index is 0.0574. The fraction of sp³-hybridized carbons (Fsp3) is 0.706. The third-order valence-electron chi connectivity index (χ3n) is 4.71. The molecule has 6 heteroatoms. The molecule has 2 aliphatic heterocycles. The van der Waals surface area contributed by atoms with E-state index in [1.54, 1.807) is 0 Å². The van der Waals surface area contributed by atoms with Crippen LogP contribution < -0.4 is 0 Å². The highest BCUT2D eigenvalue weighted by Crippen LogP contribution is 2.33. The van der Waals surface area contributed by atoms with Crippen LogP contribution in [0.25, 0.3) is 0 Å². The smallest absolute Gasteiger partial charge is 0.270 e. The number of carbonyl (C=O) groups excluding carboxylic acids is 1. The molecule has 3 heterocycles. The second-order valence-electron chi connectivity index (χ2n) is 7.01. The average molecular weight is 321 g/mol. The standard InChI is InChI=1S/C17H27N3O3/c1-18(2)11-14-6-7-17(23-14)12-20(9-10-22-13-17)16(21)15-5-4-8-19(15)3/h4-5,8,14H,6-7,9-13H2,1-3H3/t14-,17+/m0/s1. The number of hydrogen-bond acceptors (Lipinski definition) is 4. The van der Waals surface area contributed by atoms with Crippen molar-refractivity contribution in [2.75, 3.05) is 46.9 Å². The summed E-state index contributed by atoms with van der Waals surface area (Å²) in [6.45, 7) is 3.29. The Morgan fingerprint density at radius 3 is 3.00 bits per heavy atom. The lowest BCUT2D eigenvalue weighted by atomic mass is 10.00. The summed E-state index contributed by atoms with van der Waals surface area (Å²) in [6, 6.07) is 3.77. The zero-order chi connectivity index (χ0) is 16.4. The highest BCUT2D eigenvalue weighted by Gasteiger charge is 2.44. The maximum absolute atomic E-state index is 12.8. The van der Waals surface area contributed by atoms with Crippen LogP contribution >= 0.6 is 0 Å². The van der Waals surface area contributed by atoms with Crippen LogP contribution in [0, 0.1) is 0 Å². The van der Waals surface area contributed by atoms with E-state index in [1.165, 1.54) is 0 Å². The van der Waals surface area contributed by atoms with Crippen molar-refractivity contribution in [3.8, 4) is 0 Å². The number of nitrogens with zero attached hydrogens (tertiary/aromatic N) is 3. The first-order valence-corrected chi connectivity index (χ1v) is 8.30. The van der Waals surface area contributed by atoms with E-state index in [0.29, 0.717) is 32.0 Å². The molecule has 0 radical (unpaired) electrons. The Bertz CT molecular complexity index is 557. The van der Waals surface area contributed by atoms with Crippen molar-refractivity contribution in [3.63, 3.8) is 0 Å². The molecule has 0 unspecified atom stereocenters. The van der Waals surface area contributed by atoms with Crippen molar-refractivity contribution in [1.29, 1.82) is 0 Å². The van der Waals surface area contributed by atoms with E-state index in [1.807, 2.05) is 34.8 Å². The number of aromatic nitrogens is 1. The predicted octanol–water partition coefficient (Wildman–Crippen LogP) is 0.977. The maximum atomic E-state index is 12.8. The lowest BCUT2D eigenvalue weighted by Gasteiger charge is -2.32. The number of hydrogen-bond donors (Lipinski definition) is 0. The normalized spacial score (nSPS) is 28.5. The second kappa shape index (κ2) is 6.63. The quantitative estimate of drug-likeness (QED) is 0.832. The summed E-state index contributed by atoms with van der Waals surface area (Å²) in [7, 11) is 6.02. The number of aryl methyl sites for hydroxylation is 1. The van der Waals surface area contributed by atoms with Gasteiger partial charge in [-0.25, -0.2) is 0 Å². The van der Waals surface area contributed by atoms with Crippen LogP contribution in [0.3, 0.4) is 0 Å². The molecular weight excluding hydrogens is 294 g/mol. The molecule has 0 aliphatic carbocycles. The lowest BCUT2D eigenvalue weighted by Crippen LogP contribution is -2.47. The van der Waals surface area contributed by atoms with Crippen LogP contribution in [0.15, 0.2) is 18.3 Å². The number of ether oxygens (including phenoxy) is 2. The van der Waals surface area contributed by atoms with Gasteiger partial charge in [-0.2, -0.15) is 0 Å². The van der Waals surface area contributed by atoms with E-state index >= 15 is 0 Å². The minimum atomic E-state index is -0.349. The van der Waals surface area contributed by atoms with Gasteiger partial charge in [0.15, 0.2) is 0 Å². The first-order chi connectivity index (χ1) is 11.0. The highest BCUT2D eigenvalue weighted by molar-refractivity contribution is 5.92. The monoisotopic (exact) mass is 321 g/mol. The Kier molecular flexibility index (Phi) is 4.75. The third kappa shape index (κ3) is 3.59. The molecule has 3 rings (SSSR count). The van der Waals surface area contributed by atoms with Crippen LogP contribution in [0.1, 0.15) is 23.3 Å². The van der Waals surface area contributed by atoms with E-state index in [4.69, 9.17) is 9.47 Å². The van der Waals surface area contributed by atoms with Gasteiger partial charge >= 0.3 is 0 Å². The van der Waals surface area contributed by atoms with Crippen molar-refractivity contribution >= 4 is 5.91 Å². The lowest BCUT2D eigenvalue weighted by molar-refractivity contribution is -0.0878. The SMILES string of the molecule is CN(C)C[C@@H]1CC[C@@]2(COCCN(C(=O)c3cccn3C)C2)O1. The van der Waals surface area contributed by atoms with Gasteiger partial charge in [-0.1, -0.05) is 0 Å². The molecule has 1 aromatic rings. The van der Waals surface area contributed by atoms with Gasteiger partial charge in [0, 0.05) is 26.3 Å². The summed E-state index contributed by atoms with van der Waals surface area (Å²) < 4.78 is 14.0. The molecule has 1 spiro atoms. The topological polar surface area (TPSA) is 46.9 Å². The molecule has 0 N–H and O–H groups in total. The first kappa shape index (κ1) is 16.5. The summed E-state index contributed by atoms with van der Waals surface area (Å²) in [5.41, 5.74) is 0.364. The van der Waals surface area contributed by atoms with Crippen molar-refractivity contribution in [2.45, 2.75) is 24.5 Å². The number of amides is 1. The first-order valence-electron chi connectivity index (χ1n) is 8.30. The molecule has 2 atom stereocenters. The molecule has 23 heavy (non-hydrogen) atoms. The number of likely N-dealkylation sites (N-methyl/N-ethyl adjacent to an activating group) is 1. The Balaban J connectivity index is 1.72. The zero-order valence-electron chi connectivity index (χ0n) is 14.3. The predicted molar refractivity (Wildman–Crippen MR) is 87.5 cm³/mol. The average Bonchev–Trinajstić information content (AvgIpc) is 3.01. The van der Waals surface area contributed by atoms with Gasteiger partial charge in [-0.05, 0) is 39.1 Å². The second-order valence-corrected chi connectivity index (χ2v) is 7.01. The molecule has 2 aliphatic rings. The zero-order valence-corrected chi connectivity index (χ0v) is 14.3. The Morgan fingerprint density at radius 2 is 2.30 bits per heavy atom. The van der Waals surface area contributed by atoms with Crippen LogP contribution in [0.2, 0.25) is 0 Å².